The second kappa shape index (κ2) is 6.19. The molecular weight excluding hydrogens is 188 g/mol. The maximum atomic E-state index is 8.57. The molecule has 0 radical (unpaired) electrons. The van der Waals surface area contributed by atoms with E-state index in [1.54, 1.807) is 6.92 Å². The van der Waals surface area contributed by atoms with Crippen LogP contribution in [0.2, 0.25) is 0 Å². The third-order valence-electron chi connectivity index (χ3n) is 2.49. The first-order chi connectivity index (χ1) is 7.24. The SMILES string of the molecule is C/C(=N/O)C(C)NCCc1ccccc1. The van der Waals surface area contributed by atoms with Gasteiger partial charge in [0.15, 0.2) is 0 Å². The monoisotopic (exact) mass is 206 g/mol. The molecule has 1 aromatic rings. The van der Waals surface area contributed by atoms with E-state index in [1.165, 1.54) is 5.56 Å². The molecule has 0 saturated carbocycles. The summed E-state index contributed by atoms with van der Waals surface area (Å²) in [6.07, 6.45) is 0.990. The van der Waals surface area contributed by atoms with Crippen molar-refractivity contribution in [3.05, 3.63) is 35.9 Å². The normalized spacial score (nSPS) is 13.9. The summed E-state index contributed by atoms with van der Waals surface area (Å²) in [6.45, 7) is 4.68. The van der Waals surface area contributed by atoms with Crippen molar-refractivity contribution < 1.29 is 5.21 Å². The van der Waals surface area contributed by atoms with E-state index >= 15 is 0 Å². The summed E-state index contributed by atoms with van der Waals surface area (Å²) in [5.41, 5.74) is 2.03. The third-order valence-corrected chi connectivity index (χ3v) is 2.49. The number of hydrogen-bond acceptors (Lipinski definition) is 3. The van der Waals surface area contributed by atoms with Crippen LogP contribution in [0.1, 0.15) is 19.4 Å². The molecule has 0 aromatic heterocycles. The molecule has 1 aromatic carbocycles. The molecule has 0 aliphatic rings. The molecule has 1 unspecified atom stereocenters. The average molecular weight is 206 g/mol. The van der Waals surface area contributed by atoms with Crippen LogP contribution >= 0.6 is 0 Å². The minimum absolute atomic E-state index is 0.124. The molecule has 0 fully saturated rings. The lowest BCUT2D eigenvalue weighted by molar-refractivity contribution is 0.315. The number of hydrogen-bond donors (Lipinski definition) is 2. The van der Waals surface area contributed by atoms with Crippen LogP contribution in [0.5, 0.6) is 0 Å². The number of benzene rings is 1. The van der Waals surface area contributed by atoms with Gasteiger partial charge in [0, 0.05) is 6.04 Å². The second-order valence-corrected chi connectivity index (χ2v) is 3.65. The van der Waals surface area contributed by atoms with Crippen molar-refractivity contribution in [3.63, 3.8) is 0 Å². The summed E-state index contributed by atoms with van der Waals surface area (Å²) in [7, 11) is 0. The Morgan fingerprint density at radius 3 is 2.67 bits per heavy atom. The van der Waals surface area contributed by atoms with Crippen molar-refractivity contribution in [3.8, 4) is 0 Å². The van der Waals surface area contributed by atoms with E-state index in [1.807, 2.05) is 25.1 Å². The lowest BCUT2D eigenvalue weighted by Gasteiger charge is -2.11. The summed E-state index contributed by atoms with van der Waals surface area (Å²) >= 11 is 0. The first-order valence-electron chi connectivity index (χ1n) is 5.20. The van der Waals surface area contributed by atoms with Crippen molar-refractivity contribution in [2.75, 3.05) is 6.54 Å². The van der Waals surface area contributed by atoms with Crippen molar-refractivity contribution in [2.24, 2.45) is 5.16 Å². The van der Waals surface area contributed by atoms with E-state index in [-0.39, 0.29) is 6.04 Å². The molecule has 1 atom stereocenters. The Bertz CT molecular complexity index is 309. The maximum Gasteiger partial charge on any atom is 0.0706 e. The van der Waals surface area contributed by atoms with Crippen molar-refractivity contribution in [1.29, 1.82) is 0 Å². The Hall–Kier alpha value is -1.35. The molecule has 82 valence electrons. The van der Waals surface area contributed by atoms with Gasteiger partial charge in [-0.3, -0.25) is 0 Å². The van der Waals surface area contributed by atoms with Gasteiger partial charge in [0.25, 0.3) is 0 Å². The summed E-state index contributed by atoms with van der Waals surface area (Å²) in [4.78, 5) is 0. The Morgan fingerprint density at radius 1 is 1.40 bits per heavy atom. The number of oxime groups is 1. The van der Waals surface area contributed by atoms with Crippen LogP contribution in [-0.2, 0) is 6.42 Å². The molecule has 3 heteroatoms. The summed E-state index contributed by atoms with van der Waals surface area (Å²) < 4.78 is 0. The topological polar surface area (TPSA) is 44.6 Å². The van der Waals surface area contributed by atoms with E-state index < -0.39 is 0 Å². The van der Waals surface area contributed by atoms with Crippen LogP contribution in [0, 0.1) is 0 Å². The van der Waals surface area contributed by atoms with Gasteiger partial charge in [-0.05, 0) is 32.4 Å². The van der Waals surface area contributed by atoms with Gasteiger partial charge in [-0.2, -0.15) is 0 Å². The molecule has 0 saturated heterocycles. The minimum atomic E-state index is 0.124. The molecule has 0 spiro atoms. The Morgan fingerprint density at radius 2 is 2.07 bits per heavy atom. The molecule has 0 heterocycles. The predicted molar refractivity (Wildman–Crippen MR) is 62.5 cm³/mol. The molecule has 3 nitrogen and oxygen atoms in total. The molecule has 0 aliphatic carbocycles. The highest BCUT2D eigenvalue weighted by Gasteiger charge is 2.04. The Kier molecular flexibility index (Phi) is 4.84. The predicted octanol–water partition coefficient (Wildman–Crippen LogP) is 2.06. The van der Waals surface area contributed by atoms with Crippen molar-refractivity contribution in [1.82, 2.24) is 5.32 Å². The fraction of sp³-hybridized carbons (Fsp3) is 0.417. The second-order valence-electron chi connectivity index (χ2n) is 3.65. The Labute approximate surface area is 90.8 Å². The summed E-state index contributed by atoms with van der Waals surface area (Å²) in [5.74, 6) is 0. The molecule has 0 aliphatic heterocycles. The quantitative estimate of drug-likeness (QED) is 0.440. The van der Waals surface area contributed by atoms with Crippen LogP contribution < -0.4 is 5.32 Å². The molecule has 1 rings (SSSR count). The molecular formula is C12H18N2O. The van der Waals surface area contributed by atoms with Gasteiger partial charge in [-0.15, -0.1) is 0 Å². The zero-order valence-corrected chi connectivity index (χ0v) is 9.27. The highest BCUT2D eigenvalue weighted by molar-refractivity contribution is 5.86. The molecule has 0 bridgehead atoms. The average Bonchev–Trinajstić information content (AvgIpc) is 2.29. The van der Waals surface area contributed by atoms with Gasteiger partial charge in [-0.25, -0.2) is 0 Å². The standard InChI is InChI=1S/C12H18N2O/c1-10(11(2)14-15)13-9-8-12-6-4-3-5-7-12/h3-7,10,13,15H,8-9H2,1-2H3/b14-11-. The molecule has 2 N–H and O–H groups in total. The van der Waals surface area contributed by atoms with Crippen molar-refractivity contribution >= 4 is 5.71 Å². The van der Waals surface area contributed by atoms with Crippen LogP contribution in [0.25, 0.3) is 0 Å². The van der Waals surface area contributed by atoms with E-state index in [0.29, 0.717) is 5.71 Å². The lowest BCUT2D eigenvalue weighted by atomic mass is 10.1. The zero-order valence-electron chi connectivity index (χ0n) is 9.27. The lowest BCUT2D eigenvalue weighted by Crippen LogP contribution is -2.33. The zero-order chi connectivity index (χ0) is 11.1. The van der Waals surface area contributed by atoms with Gasteiger partial charge in [0.05, 0.1) is 5.71 Å². The van der Waals surface area contributed by atoms with Crippen LogP contribution in [0.3, 0.4) is 0 Å². The van der Waals surface area contributed by atoms with Gasteiger partial charge in [0.2, 0.25) is 0 Å². The summed E-state index contributed by atoms with van der Waals surface area (Å²) in [6, 6.07) is 10.4. The largest absolute Gasteiger partial charge is 0.411 e. The highest BCUT2D eigenvalue weighted by atomic mass is 16.4. The number of rotatable bonds is 5. The van der Waals surface area contributed by atoms with Gasteiger partial charge in [-0.1, -0.05) is 35.5 Å². The van der Waals surface area contributed by atoms with E-state index in [2.05, 4.69) is 22.6 Å². The van der Waals surface area contributed by atoms with E-state index in [0.717, 1.165) is 13.0 Å². The smallest absolute Gasteiger partial charge is 0.0706 e. The number of nitrogens with one attached hydrogen (secondary N) is 1. The first-order valence-corrected chi connectivity index (χ1v) is 5.20. The fourth-order valence-electron chi connectivity index (χ4n) is 1.31. The van der Waals surface area contributed by atoms with Gasteiger partial charge in [0.1, 0.15) is 0 Å². The van der Waals surface area contributed by atoms with Crippen LogP contribution in [0.4, 0.5) is 0 Å². The fourth-order valence-corrected chi connectivity index (χ4v) is 1.31. The minimum Gasteiger partial charge on any atom is -0.411 e. The Balaban J connectivity index is 2.28. The van der Waals surface area contributed by atoms with E-state index in [4.69, 9.17) is 5.21 Å². The summed E-state index contributed by atoms with van der Waals surface area (Å²) in [5, 5.41) is 15.0. The maximum absolute atomic E-state index is 8.57. The van der Waals surface area contributed by atoms with Gasteiger partial charge >= 0.3 is 0 Å². The van der Waals surface area contributed by atoms with Gasteiger partial charge < -0.3 is 10.5 Å². The van der Waals surface area contributed by atoms with E-state index in [9.17, 15) is 0 Å². The number of nitrogens with zero attached hydrogens (tertiary/aromatic N) is 1. The van der Waals surface area contributed by atoms with Crippen LogP contribution in [0.15, 0.2) is 35.5 Å². The first kappa shape index (κ1) is 11.7. The van der Waals surface area contributed by atoms with Crippen LogP contribution in [-0.4, -0.2) is 23.5 Å². The van der Waals surface area contributed by atoms with Crippen molar-refractivity contribution in [2.45, 2.75) is 26.3 Å². The third kappa shape index (κ3) is 4.13. The molecule has 0 amide bonds. The highest BCUT2D eigenvalue weighted by Crippen LogP contribution is 1.98. The molecule has 15 heavy (non-hydrogen) atoms.